The van der Waals surface area contributed by atoms with E-state index in [4.69, 9.17) is 10.8 Å². The highest BCUT2D eigenvalue weighted by molar-refractivity contribution is 5.90. The summed E-state index contributed by atoms with van der Waals surface area (Å²) in [5.74, 6) is -2.26. The fraction of sp³-hybridized carbons (Fsp3) is 0.750. The standard InChI is InChI=1S/C12H21N3O4/c1-7(2)12(3-4-14-6-12)11(19)15-8(10(17)18)5-9(13)16/h7-8,14H,3-6H2,1-2H3,(H2,13,16)(H,15,19)(H,17,18)/t8-,12?/m0/s1. The number of carbonyl (C=O) groups excluding carboxylic acids is 2. The van der Waals surface area contributed by atoms with E-state index in [9.17, 15) is 14.4 Å². The van der Waals surface area contributed by atoms with Crippen molar-refractivity contribution in [2.75, 3.05) is 13.1 Å². The van der Waals surface area contributed by atoms with Gasteiger partial charge in [-0.25, -0.2) is 4.79 Å². The molecule has 0 aromatic heterocycles. The Morgan fingerprint density at radius 1 is 1.42 bits per heavy atom. The zero-order valence-electron chi connectivity index (χ0n) is 11.2. The Bertz CT molecular complexity index is 375. The normalized spacial score (nSPS) is 24.2. The van der Waals surface area contributed by atoms with E-state index in [0.29, 0.717) is 13.0 Å². The van der Waals surface area contributed by atoms with Crippen molar-refractivity contribution in [2.45, 2.75) is 32.7 Å². The molecule has 2 atom stereocenters. The van der Waals surface area contributed by atoms with Gasteiger partial charge in [-0.15, -0.1) is 0 Å². The summed E-state index contributed by atoms with van der Waals surface area (Å²) in [7, 11) is 0. The molecule has 108 valence electrons. The van der Waals surface area contributed by atoms with Gasteiger partial charge in [0.25, 0.3) is 0 Å². The first kappa shape index (κ1) is 15.4. The molecule has 1 rings (SSSR count). The van der Waals surface area contributed by atoms with Crippen LogP contribution in [-0.4, -0.2) is 42.0 Å². The van der Waals surface area contributed by atoms with E-state index in [-0.39, 0.29) is 11.8 Å². The van der Waals surface area contributed by atoms with Crippen LogP contribution in [0.25, 0.3) is 0 Å². The van der Waals surface area contributed by atoms with Crippen molar-refractivity contribution >= 4 is 17.8 Å². The number of amides is 2. The van der Waals surface area contributed by atoms with Crippen LogP contribution in [0, 0.1) is 11.3 Å². The molecule has 0 radical (unpaired) electrons. The summed E-state index contributed by atoms with van der Waals surface area (Å²) in [6.07, 6.45) is 0.252. The second kappa shape index (κ2) is 6.01. The third-order valence-corrected chi connectivity index (χ3v) is 3.75. The van der Waals surface area contributed by atoms with Gasteiger partial charge in [0.1, 0.15) is 6.04 Å². The summed E-state index contributed by atoms with van der Waals surface area (Å²) in [4.78, 5) is 34.2. The fourth-order valence-corrected chi connectivity index (χ4v) is 2.36. The quantitative estimate of drug-likeness (QED) is 0.497. The summed E-state index contributed by atoms with van der Waals surface area (Å²) in [5, 5.41) is 14.5. The summed E-state index contributed by atoms with van der Waals surface area (Å²) >= 11 is 0. The first-order chi connectivity index (χ1) is 8.79. The molecule has 1 heterocycles. The van der Waals surface area contributed by atoms with Crippen molar-refractivity contribution in [1.29, 1.82) is 0 Å². The smallest absolute Gasteiger partial charge is 0.326 e. The van der Waals surface area contributed by atoms with Gasteiger partial charge < -0.3 is 21.5 Å². The van der Waals surface area contributed by atoms with Crippen molar-refractivity contribution in [3.8, 4) is 0 Å². The van der Waals surface area contributed by atoms with E-state index in [1.807, 2.05) is 13.8 Å². The largest absolute Gasteiger partial charge is 0.480 e. The zero-order valence-corrected chi connectivity index (χ0v) is 11.2. The summed E-state index contributed by atoms with van der Waals surface area (Å²) in [6.45, 7) is 5.09. The minimum atomic E-state index is -1.26. The third kappa shape index (κ3) is 3.44. The van der Waals surface area contributed by atoms with E-state index >= 15 is 0 Å². The van der Waals surface area contributed by atoms with Crippen LogP contribution in [-0.2, 0) is 14.4 Å². The lowest BCUT2D eigenvalue weighted by molar-refractivity contribution is -0.145. The molecule has 0 aromatic carbocycles. The number of rotatable bonds is 6. The maximum absolute atomic E-state index is 12.3. The predicted molar refractivity (Wildman–Crippen MR) is 68.1 cm³/mol. The number of aliphatic carboxylic acids is 1. The van der Waals surface area contributed by atoms with Crippen molar-refractivity contribution in [3.63, 3.8) is 0 Å². The lowest BCUT2D eigenvalue weighted by Crippen LogP contribution is -2.52. The third-order valence-electron chi connectivity index (χ3n) is 3.75. The van der Waals surface area contributed by atoms with Crippen molar-refractivity contribution in [2.24, 2.45) is 17.1 Å². The van der Waals surface area contributed by atoms with E-state index in [1.54, 1.807) is 0 Å². The molecule has 7 nitrogen and oxygen atoms in total. The van der Waals surface area contributed by atoms with Gasteiger partial charge in [0.05, 0.1) is 11.8 Å². The van der Waals surface area contributed by atoms with Gasteiger partial charge >= 0.3 is 5.97 Å². The Balaban J connectivity index is 2.80. The zero-order chi connectivity index (χ0) is 14.6. The number of hydrogen-bond donors (Lipinski definition) is 4. The molecule has 0 saturated carbocycles. The van der Waals surface area contributed by atoms with Crippen LogP contribution < -0.4 is 16.4 Å². The van der Waals surface area contributed by atoms with Crippen LogP contribution in [0.5, 0.6) is 0 Å². The highest BCUT2D eigenvalue weighted by atomic mass is 16.4. The van der Waals surface area contributed by atoms with Gasteiger partial charge in [0.2, 0.25) is 11.8 Å². The SMILES string of the molecule is CC(C)C1(C(=O)N[C@@H](CC(N)=O)C(=O)O)CCNC1. The molecule has 1 saturated heterocycles. The van der Waals surface area contributed by atoms with Crippen molar-refractivity contribution in [1.82, 2.24) is 10.6 Å². The van der Waals surface area contributed by atoms with Gasteiger partial charge in [-0.1, -0.05) is 13.8 Å². The molecule has 1 aliphatic rings. The average Bonchev–Trinajstić information content (AvgIpc) is 2.77. The molecule has 2 amide bonds. The predicted octanol–water partition coefficient (Wildman–Crippen LogP) is -0.933. The Morgan fingerprint density at radius 3 is 2.42 bits per heavy atom. The number of nitrogens with two attached hydrogens (primary N) is 1. The van der Waals surface area contributed by atoms with Crippen LogP contribution in [0.2, 0.25) is 0 Å². The van der Waals surface area contributed by atoms with Gasteiger partial charge in [0.15, 0.2) is 0 Å². The van der Waals surface area contributed by atoms with Gasteiger partial charge in [-0.3, -0.25) is 9.59 Å². The minimum Gasteiger partial charge on any atom is -0.480 e. The maximum Gasteiger partial charge on any atom is 0.326 e. The van der Waals surface area contributed by atoms with Crippen LogP contribution in [0.15, 0.2) is 0 Å². The molecule has 0 spiro atoms. The van der Waals surface area contributed by atoms with Crippen LogP contribution in [0.1, 0.15) is 26.7 Å². The summed E-state index contributed by atoms with van der Waals surface area (Å²) in [6, 6.07) is -1.26. The Hall–Kier alpha value is -1.63. The van der Waals surface area contributed by atoms with Crippen molar-refractivity contribution < 1.29 is 19.5 Å². The number of hydrogen-bond acceptors (Lipinski definition) is 4. The number of carboxylic acids is 1. The number of nitrogens with one attached hydrogen (secondary N) is 2. The van der Waals surface area contributed by atoms with E-state index in [0.717, 1.165) is 6.54 Å². The Labute approximate surface area is 111 Å². The first-order valence-corrected chi connectivity index (χ1v) is 6.32. The van der Waals surface area contributed by atoms with E-state index < -0.39 is 29.8 Å². The lowest BCUT2D eigenvalue weighted by Gasteiger charge is -2.32. The minimum absolute atomic E-state index is 0.0746. The summed E-state index contributed by atoms with van der Waals surface area (Å²) < 4.78 is 0. The van der Waals surface area contributed by atoms with Gasteiger partial charge in [0, 0.05) is 6.54 Å². The second-order valence-electron chi connectivity index (χ2n) is 5.27. The van der Waals surface area contributed by atoms with Crippen LogP contribution in [0.3, 0.4) is 0 Å². The van der Waals surface area contributed by atoms with E-state index in [2.05, 4.69) is 10.6 Å². The highest BCUT2D eigenvalue weighted by Crippen LogP contribution is 2.34. The van der Waals surface area contributed by atoms with Crippen molar-refractivity contribution in [3.05, 3.63) is 0 Å². The number of carbonyl (C=O) groups is 3. The van der Waals surface area contributed by atoms with Crippen LogP contribution >= 0.6 is 0 Å². The van der Waals surface area contributed by atoms with Crippen LogP contribution in [0.4, 0.5) is 0 Å². The van der Waals surface area contributed by atoms with Gasteiger partial charge in [-0.2, -0.15) is 0 Å². The molecule has 19 heavy (non-hydrogen) atoms. The van der Waals surface area contributed by atoms with Gasteiger partial charge in [-0.05, 0) is 18.9 Å². The molecule has 1 fully saturated rings. The molecular formula is C12H21N3O4. The second-order valence-corrected chi connectivity index (χ2v) is 5.27. The first-order valence-electron chi connectivity index (χ1n) is 6.32. The molecule has 0 bridgehead atoms. The molecule has 1 aliphatic heterocycles. The highest BCUT2D eigenvalue weighted by Gasteiger charge is 2.45. The average molecular weight is 271 g/mol. The molecule has 0 aliphatic carbocycles. The topological polar surface area (TPSA) is 122 Å². The number of carboxylic acid groups (broad SMARTS) is 1. The number of primary amides is 1. The maximum atomic E-state index is 12.3. The molecule has 0 aromatic rings. The lowest BCUT2D eigenvalue weighted by atomic mass is 9.75. The molecule has 5 N–H and O–H groups in total. The molecule has 7 heteroatoms. The monoisotopic (exact) mass is 271 g/mol. The Morgan fingerprint density at radius 2 is 2.05 bits per heavy atom. The molecule has 1 unspecified atom stereocenters. The fourth-order valence-electron chi connectivity index (χ4n) is 2.36. The Kier molecular flexibility index (Phi) is 4.88. The molecular weight excluding hydrogens is 250 g/mol. The summed E-state index contributed by atoms with van der Waals surface area (Å²) in [5.41, 5.74) is 4.37. The van der Waals surface area contributed by atoms with E-state index in [1.165, 1.54) is 0 Å².